The SMILES string of the molecule is CC(C)COc1ccc(CNC(=O)CCNC(=O)c2cc(F)ccc2Br)cc1. The van der Waals surface area contributed by atoms with Crippen molar-refractivity contribution in [2.75, 3.05) is 13.2 Å². The number of halogens is 2. The molecule has 0 fully saturated rings. The summed E-state index contributed by atoms with van der Waals surface area (Å²) in [5, 5.41) is 5.42. The summed E-state index contributed by atoms with van der Waals surface area (Å²) in [5.41, 5.74) is 1.15. The van der Waals surface area contributed by atoms with Crippen molar-refractivity contribution in [3.63, 3.8) is 0 Å². The first-order valence-electron chi connectivity index (χ1n) is 9.07. The lowest BCUT2D eigenvalue weighted by Crippen LogP contribution is -2.30. The van der Waals surface area contributed by atoms with Crippen LogP contribution in [0, 0.1) is 11.7 Å². The lowest BCUT2D eigenvalue weighted by molar-refractivity contribution is -0.121. The molecule has 0 aliphatic heterocycles. The fourth-order valence-electron chi connectivity index (χ4n) is 2.31. The molecule has 5 nitrogen and oxygen atoms in total. The van der Waals surface area contributed by atoms with Crippen LogP contribution in [-0.4, -0.2) is 25.0 Å². The average Bonchev–Trinajstić information content (AvgIpc) is 2.67. The third-order valence-corrected chi connectivity index (χ3v) is 4.50. The van der Waals surface area contributed by atoms with Crippen LogP contribution in [0.5, 0.6) is 5.75 Å². The van der Waals surface area contributed by atoms with Gasteiger partial charge in [-0.3, -0.25) is 9.59 Å². The Morgan fingerprint density at radius 2 is 1.82 bits per heavy atom. The van der Waals surface area contributed by atoms with E-state index in [1.165, 1.54) is 12.1 Å². The molecule has 0 saturated heterocycles. The predicted molar refractivity (Wildman–Crippen MR) is 110 cm³/mol. The monoisotopic (exact) mass is 450 g/mol. The van der Waals surface area contributed by atoms with Crippen molar-refractivity contribution in [2.24, 2.45) is 5.92 Å². The number of amides is 2. The first-order chi connectivity index (χ1) is 13.3. The van der Waals surface area contributed by atoms with Crippen LogP contribution in [0.4, 0.5) is 4.39 Å². The standard InChI is InChI=1S/C21H24BrFN2O3/c1-14(2)13-28-17-6-3-15(4-7-17)12-25-20(26)9-10-24-21(27)18-11-16(23)5-8-19(18)22/h3-8,11,14H,9-10,12-13H2,1-2H3,(H,24,27)(H,25,26). The van der Waals surface area contributed by atoms with Crippen molar-refractivity contribution >= 4 is 27.7 Å². The van der Waals surface area contributed by atoms with E-state index in [0.717, 1.165) is 17.4 Å². The smallest absolute Gasteiger partial charge is 0.252 e. The van der Waals surface area contributed by atoms with Gasteiger partial charge in [0.2, 0.25) is 5.91 Å². The maximum absolute atomic E-state index is 13.2. The number of benzene rings is 2. The Bertz CT molecular complexity index is 810. The minimum Gasteiger partial charge on any atom is -0.493 e. The number of carbonyl (C=O) groups is 2. The first kappa shape index (κ1) is 21.9. The fourth-order valence-corrected chi connectivity index (χ4v) is 2.74. The Labute approximate surface area is 172 Å². The van der Waals surface area contributed by atoms with Gasteiger partial charge in [-0.25, -0.2) is 4.39 Å². The summed E-state index contributed by atoms with van der Waals surface area (Å²) in [6.07, 6.45) is 0.133. The summed E-state index contributed by atoms with van der Waals surface area (Å²) in [4.78, 5) is 24.0. The maximum Gasteiger partial charge on any atom is 0.252 e. The molecular weight excluding hydrogens is 427 g/mol. The predicted octanol–water partition coefficient (Wildman–Crippen LogP) is 4.06. The number of ether oxygens (including phenoxy) is 1. The van der Waals surface area contributed by atoms with Gasteiger partial charge in [0.1, 0.15) is 11.6 Å². The van der Waals surface area contributed by atoms with Gasteiger partial charge in [-0.15, -0.1) is 0 Å². The number of hydrogen-bond acceptors (Lipinski definition) is 3. The molecule has 0 atom stereocenters. The van der Waals surface area contributed by atoms with Crippen LogP contribution in [0.15, 0.2) is 46.9 Å². The number of carbonyl (C=O) groups excluding carboxylic acids is 2. The summed E-state index contributed by atoms with van der Waals surface area (Å²) in [5.74, 6) is 0.151. The van der Waals surface area contributed by atoms with E-state index in [2.05, 4.69) is 40.4 Å². The Hall–Kier alpha value is -2.41. The van der Waals surface area contributed by atoms with E-state index in [-0.39, 0.29) is 24.4 Å². The second-order valence-electron chi connectivity index (χ2n) is 6.76. The largest absolute Gasteiger partial charge is 0.493 e. The van der Waals surface area contributed by atoms with E-state index in [9.17, 15) is 14.0 Å². The molecule has 0 spiro atoms. The second kappa shape index (κ2) is 10.8. The molecule has 150 valence electrons. The third kappa shape index (κ3) is 7.31. The summed E-state index contributed by atoms with van der Waals surface area (Å²) >= 11 is 3.21. The molecule has 0 aliphatic carbocycles. The molecule has 0 unspecified atom stereocenters. The van der Waals surface area contributed by atoms with Crippen LogP contribution < -0.4 is 15.4 Å². The van der Waals surface area contributed by atoms with E-state index >= 15 is 0 Å². The minimum absolute atomic E-state index is 0.133. The lowest BCUT2D eigenvalue weighted by Gasteiger charge is -2.10. The van der Waals surface area contributed by atoms with Crippen LogP contribution in [0.2, 0.25) is 0 Å². The minimum atomic E-state index is -0.494. The average molecular weight is 451 g/mol. The van der Waals surface area contributed by atoms with Crippen LogP contribution in [0.3, 0.4) is 0 Å². The molecule has 0 aliphatic rings. The number of rotatable bonds is 9. The van der Waals surface area contributed by atoms with Gasteiger partial charge in [-0.1, -0.05) is 26.0 Å². The quantitative estimate of drug-likeness (QED) is 0.605. The molecule has 2 N–H and O–H groups in total. The lowest BCUT2D eigenvalue weighted by atomic mass is 10.2. The van der Waals surface area contributed by atoms with E-state index in [1.807, 2.05) is 24.3 Å². The van der Waals surface area contributed by atoms with Gasteiger partial charge in [0.05, 0.1) is 12.2 Å². The number of nitrogens with one attached hydrogen (secondary N) is 2. The highest BCUT2D eigenvalue weighted by Crippen LogP contribution is 2.17. The Morgan fingerprint density at radius 1 is 1.11 bits per heavy atom. The van der Waals surface area contributed by atoms with Crippen molar-refractivity contribution in [2.45, 2.75) is 26.8 Å². The van der Waals surface area contributed by atoms with Gasteiger partial charge >= 0.3 is 0 Å². The zero-order valence-electron chi connectivity index (χ0n) is 15.9. The summed E-state index contributed by atoms with van der Waals surface area (Å²) in [6, 6.07) is 11.4. The van der Waals surface area contributed by atoms with E-state index < -0.39 is 11.7 Å². The molecular formula is C21H24BrFN2O3. The topological polar surface area (TPSA) is 67.4 Å². The van der Waals surface area contributed by atoms with Gasteiger partial charge in [-0.2, -0.15) is 0 Å². The summed E-state index contributed by atoms with van der Waals surface area (Å²) in [6.45, 7) is 5.39. The van der Waals surface area contributed by atoms with Gasteiger partial charge in [0.25, 0.3) is 5.91 Å². The molecule has 7 heteroatoms. The second-order valence-corrected chi connectivity index (χ2v) is 7.61. The van der Waals surface area contributed by atoms with Crippen molar-refractivity contribution in [3.05, 3.63) is 63.9 Å². The maximum atomic E-state index is 13.2. The summed E-state index contributed by atoms with van der Waals surface area (Å²) < 4.78 is 19.4. The molecule has 0 heterocycles. The Kier molecular flexibility index (Phi) is 8.44. The van der Waals surface area contributed by atoms with E-state index in [4.69, 9.17) is 4.74 Å². The van der Waals surface area contributed by atoms with Gasteiger partial charge in [-0.05, 0) is 57.7 Å². The van der Waals surface area contributed by atoms with E-state index in [0.29, 0.717) is 23.5 Å². The highest BCUT2D eigenvalue weighted by molar-refractivity contribution is 9.10. The molecule has 2 rings (SSSR count). The number of hydrogen-bond donors (Lipinski definition) is 2. The molecule has 2 amide bonds. The molecule has 0 aromatic heterocycles. The Balaban J connectivity index is 1.71. The third-order valence-electron chi connectivity index (χ3n) is 3.81. The Morgan fingerprint density at radius 3 is 2.50 bits per heavy atom. The zero-order valence-corrected chi connectivity index (χ0v) is 17.5. The molecule has 2 aromatic carbocycles. The van der Waals surface area contributed by atoms with Crippen molar-refractivity contribution < 1.29 is 18.7 Å². The van der Waals surface area contributed by atoms with Crippen molar-refractivity contribution in [1.29, 1.82) is 0 Å². The van der Waals surface area contributed by atoms with Gasteiger partial charge in [0.15, 0.2) is 0 Å². The van der Waals surface area contributed by atoms with Crippen molar-refractivity contribution in [1.82, 2.24) is 10.6 Å². The van der Waals surface area contributed by atoms with E-state index in [1.54, 1.807) is 0 Å². The van der Waals surface area contributed by atoms with Crippen LogP contribution in [0.1, 0.15) is 36.2 Å². The molecule has 0 radical (unpaired) electrons. The van der Waals surface area contributed by atoms with Gasteiger partial charge < -0.3 is 15.4 Å². The van der Waals surface area contributed by atoms with Gasteiger partial charge in [0, 0.05) is 24.0 Å². The molecule has 2 aromatic rings. The summed E-state index contributed by atoms with van der Waals surface area (Å²) in [7, 11) is 0. The van der Waals surface area contributed by atoms with Crippen LogP contribution in [-0.2, 0) is 11.3 Å². The molecule has 28 heavy (non-hydrogen) atoms. The van der Waals surface area contributed by atoms with Crippen LogP contribution >= 0.6 is 15.9 Å². The normalized spacial score (nSPS) is 10.6. The fraction of sp³-hybridized carbons (Fsp3) is 0.333. The van der Waals surface area contributed by atoms with Crippen molar-refractivity contribution in [3.8, 4) is 5.75 Å². The van der Waals surface area contributed by atoms with Crippen LogP contribution in [0.25, 0.3) is 0 Å². The first-order valence-corrected chi connectivity index (χ1v) is 9.86. The highest BCUT2D eigenvalue weighted by atomic mass is 79.9. The molecule has 0 bridgehead atoms. The molecule has 0 saturated carbocycles. The highest BCUT2D eigenvalue weighted by Gasteiger charge is 2.11. The zero-order chi connectivity index (χ0) is 20.5.